The molecule has 0 saturated carbocycles. The lowest BCUT2D eigenvalue weighted by atomic mass is 9.88. The third-order valence-electron chi connectivity index (χ3n) is 2.55. The minimum absolute atomic E-state index is 1.14. The van der Waals surface area contributed by atoms with Crippen LogP contribution in [0.3, 0.4) is 0 Å². The van der Waals surface area contributed by atoms with E-state index in [4.69, 9.17) is 0 Å². The molecule has 0 unspecified atom stereocenters. The zero-order chi connectivity index (χ0) is 8.55. The number of hydrogen-bond acceptors (Lipinski definition) is 2. The summed E-state index contributed by atoms with van der Waals surface area (Å²) < 4.78 is 0. The molecule has 0 spiro atoms. The molecule has 0 amide bonds. The molecule has 0 saturated heterocycles. The van der Waals surface area contributed by atoms with Crippen LogP contribution in [0.5, 0.6) is 0 Å². The van der Waals surface area contributed by atoms with Gasteiger partial charge in [-0.25, -0.2) is 4.98 Å². The van der Waals surface area contributed by atoms with Crippen molar-refractivity contribution in [2.45, 2.75) is 12.8 Å². The molecule has 2 heterocycles. The van der Waals surface area contributed by atoms with E-state index < -0.39 is 0 Å². The number of rotatable bonds is 0. The van der Waals surface area contributed by atoms with Crippen LogP contribution in [-0.2, 0) is 6.42 Å². The molecule has 2 nitrogen and oxygen atoms in total. The van der Waals surface area contributed by atoms with Crippen LogP contribution in [-0.4, -0.2) is 26.4 Å². The maximum atomic E-state index is 4.39. The number of anilines is 1. The molecule has 0 fully saturated rings. The number of aromatic nitrogens is 1. The van der Waals surface area contributed by atoms with E-state index in [2.05, 4.69) is 30.8 Å². The van der Waals surface area contributed by atoms with Crippen LogP contribution in [0.4, 0.5) is 5.82 Å². The van der Waals surface area contributed by atoms with Gasteiger partial charge in [0.2, 0.25) is 0 Å². The molecule has 0 bridgehead atoms. The summed E-state index contributed by atoms with van der Waals surface area (Å²) in [5.74, 6) is 1.18. The van der Waals surface area contributed by atoms with Crippen molar-refractivity contribution in [2.24, 2.45) is 0 Å². The van der Waals surface area contributed by atoms with Crippen LogP contribution >= 0.6 is 0 Å². The van der Waals surface area contributed by atoms with Crippen molar-refractivity contribution < 1.29 is 0 Å². The van der Waals surface area contributed by atoms with Crippen LogP contribution in [0, 0.1) is 0 Å². The zero-order valence-corrected chi connectivity index (χ0v) is 7.67. The highest BCUT2D eigenvalue weighted by Crippen LogP contribution is 2.20. The first-order valence-corrected chi connectivity index (χ1v) is 4.44. The highest BCUT2D eigenvalue weighted by atomic mass is 15.2. The summed E-state index contributed by atoms with van der Waals surface area (Å²) in [6, 6.07) is 2.10. The minimum Gasteiger partial charge on any atom is -0.359 e. The molecular weight excluding hydrogens is 147 g/mol. The molecule has 1 aromatic rings. The van der Waals surface area contributed by atoms with Crippen LogP contribution in [0.1, 0.15) is 12.0 Å². The van der Waals surface area contributed by atoms with Gasteiger partial charge in [0.05, 0.1) is 0 Å². The van der Waals surface area contributed by atoms with Crippen LogP contribution < -0.4 is 10.4 Å². The Balaban J connectivity index is 2.52. The van der Waals surface area contributed by atoms with Crippen LogP contribution in [0.2, 0.25) is 0 Å². The molecule has 0 atom stereocenters. The molecule has 1 aliphatic heterocycles. The summed E-state index contributed by atoms with van der Waals surface area (Å²) in [6.07, 6.45) is 4.35. The van der Waals surface area contributed by atoms with E-state index in [1.807, 2.05) is 6.20 Å². The molecular formula is C9H13BN2. The topological polar surface area (TPSA) is 16.1 Å². The lowest BCUT2D eigenvalue weighted by Gasteiger charge is -2.27. The molecule has 0 radical (unpaired) electrons. The van der Waals surface area contributed by atoms with E-state index in [1.165, 1.54) is 29.7 Å². The third kappa shape index (κ3) is 1.09. The van der Waals surface area contributed by atoms with Gasteiger partial charge in [0, 0.05) is 19.8 Å². The molecule has 62 valence electrons. The lowest BCUT2D eigenvalue weighted by molar-refractivity contribution is 0.734. The van der Waals surface area contributed by atoms with Gasteiger partial charge in [-0.2, -0.15) is 0 Å². The maximum absolute atomic E-state index is 4.39. The highest BCUT2D eigenvalue weighted by Gasteiger charge is 2.15. The second-order valence-corrected chi connectivity index (χ2v) is 3.46. The van der Waals surface area contributed by atoms with Gasteiger partial charge in [0.25, 0.3) is 0 Å². The first-order valence-electron chi connectivity index (χ1n) is 4.44. The first-order chi connectivity index (χ1) is 5.79. The zero-order valence-electron chi connectivity index (χ0n) is 7.67. The summed E-state index contributed by atoms with van der Waals surface area (Å²) in [7, 11) is 4.28. The normalized spacial score (nSPS) is 15.9. The fourth-order valence-electron chi connectivity index (χ4n) is 1.81. The van der Waals surface area contributed by atoms with Crippen molar-refractivity contribution in [3.05, 3.63) is 17.8 Å². The smallest absolute Gasteiger partial charge is 0.139 e. The van der Waals surface area contributed by atoms with Crippen LogP contribution in [0.25, 0.3) is 0 Å². The Morgan fingerprint density at radius 1 is 1.58 bits per heavy atom. The van der Waals surface area contributed by atoms with Gasteiger partial charge in [-0.3, -0.25) is 0 Å². The van der Waals surface area contributed by atoms with Crippen LogP contribution in [0.15, 0.2) is 12.3 Å². The van der Waals surface area contributed by atoms with E-state index in [1.54, 1.807) is 0 Å². The predicted octanol–water partition coefficient (Wildman–Crippen LogP) is -0.278. The van der Waals surface area contributed by atoms with Gasteiger partial charge < -0.3 is 4.90 Å². The molecule has 3 heteroatoms. The second kappa shape index (κ2) is 2.81. The number of pyridine rings is 1. The van der Waals surface area contributed by atoms with E-state index in [9.17, 15) is 0 Å². The van der Waals surface area contributed by atoms with E-state index in [-0.39, 0.29) is 0 Å². The van der Waals surface area contributed by atoms with E-state index in [0.29, 0.717) is 0 Å². The summed E-state index contributed by atoms with van der Waals surface area (Å²) in [6.45, 7) is 1.14. The van der Waals surface area contributed by atoms with Gasteiger partial charge >= 0.3 is 0 Å². The number of fused-ring (bicyclic) bond motifs is 1. The second-order valence-electron chi connectivity index (χ2n) is 3.46. The van der Waals surface area contributed by atoms with Crippen molar-refractivity contribution in [1.29, 1.82) is 0 Å². The van der Waals surface area contributed by atoms with Crippen molar-refractivity contribution in [3.63, 3.8) is 0 Å². The Hall–Kier alpha value is -0.985. The Kier molecular flexibility index (Phi) is 1.79. The highest BCUT2D eigenvalue weighted by molar-refractivity contribution is 6.33. The standard InChI is InChI=1S/C9H13BN2/c1-12-6-2-3-7-8(10)4-5-11-9(7)12/h4-5H,2-3,6,10H2,1H3. The van der Waals surface area contributed by atoms with Crippen molar-refractivity contribution >= 4 is 19.1 Å². The minimum atomic E-state index is 1.14. The van der Waals surface area contributed by atoms with E-state index >= 15 is 0 Å². The first kappa shape index (κ1) is 7.65. The Labute approximate surface area is 74.0 Å². The summed E-state index contributed by atoms with van der Waals surface area (Å²) in [4.78, 5) is 6.63. The summed E-state index contributed by atoms with van der Waals surface area (Å²) in [5, 5.41) is 0. The molecule has 0 N–H and O–H groups in total. The fraction of sp³-hybridized carbons (Fsp3) is 0.444. The lowest BCUT2D eigenvalue weighted by Crippen LogP contribution is -2.29. The number of nitrogens with zero attached hydrogens (tertiary/aromatic N) is 2. The largest absolute Gasteiger partial charge is 0.359 e. The molecule has 0 aromatic carbocycles. The fourth-order valence-corrected chi connectivity index (χ4v) is 1.81. The van der Waals surface area contributed by atoms with Crippen molar-refractivity contribution in [3.8, 4) is 0 Å². The Morgan fingerprint density at radius 2 is 2.42 bits per heavy atom. The summed E-state index contributed by atoms with van der Waals surface area (Å²) >= 11 is 0. The molecule has 0 aliphatic carbocycles. The average molecular weight is 160 g/mol. The monoisotopic (exact) mass is 160 g/mol. The predicted molar refractivity (Wildman–Crippen MR) is 54.0 cm³/mol. The Bertz CT molecular complexity index is 299. The van der Waals surface area contributed by atoms with Gasteiger partial charge in [0.1, 0.15) is 13.7 Å². The van der Waals surface area contributed by atoms with E-state index in [0.717, 1.165) is 6.54 Å². The number of hydrogen-bond donors (Lipinski definition) is 0. The molecule has 1 aromatic heterocycles. The Morgan fingerprint density at radius 3 is 3.17 bits per heavy atom. The van der Waals surface area contributed by atoms with Gasteiger partial charge in [-0.15, -0.1) is 0 Å². The molecule has 12 heavy (non-hydrogen) atoms. The maximum Gasteiger partial charge on any atom is 0.139 e. The van der Waals surface area contributed by atoms with Gasteiger partial charge in [-0.1, -0.05) is 5.46 Å². The van der Waals surface area contributed by atoms with Crippen molar-refractivity contribution in [1.82, 2.24) is 4.98 Å². The average Bonchev–Trinajstić information content (AvgIpc) is 2.07. The molecule has 2 rings (SSSR count). The van der Waals surface area contributed by atoms with Crippen molar-refractivity contribution in [2.75, 3.05) is 18.5 Å². The quantitative estimate of drug-likeness (QED) is 0.485. The summed E-state index contributed by atoms with van der Waals surface area (Å²) in [5.41, 5.74) is 2.82. The SMILES string of the molecule is Bc1ccnc2c1CCCN2C. The third-order valence-corrected chi connectivity index (χ3v) is 2.55. The van der Waals surface area contributed by atoms with Gasteiger partial charge in [-0.05, 0) is 24.5 Å². The van der Waals surface area contributed by atoms with Gasteiger partial charge in [0.15, 0.2) is 0 Å². The molecule has 1 aliphatic rings.